The van der Waals surface area contributed by atoms with Crippen LogP contribution < -0.4 is 14.4 Å². The lowest BCUT2D eigenvalue weighted by atomic mass is 10.1. The van der Waals surface area contributed by atoms with Crippen LogP contribution in [0, 0.1) is 6.92 Å². The monoisotopic (exact) mass is 239 g/mol. The van der Waals surface area contributed by atoms with E-state index in [1.807, 2.05) is 53.9 Å². The van der Waals surface area contributed by atoms with Crippen molar-refractivity contribution in [1.29, 1.82) is 0 Å². The highest BCUT2D eigenvalue weighted by Gasteiger charge is 2.15. The van der Waals surface area contributed by atoms with Crippen molar-refractivity contribution in [3.05, 3.63) is 17.7 Å². The van der Waals surface area contributed by atoms with E-state index in [2.05, 4.69) is 11.8 Å². The summed E-state index contributed by atoms with van der Waals surface area (Å²) in [6, 6.07) is 4.02. The third-order valence-corrected chi connectivity index (χ3v) is 2.17. The molecule has 0 spiro atoms. The summed E-state index contributed by atoms with van der Waals surface area (Å²) in [5.41, 5.74) is 2.37. The number of anilines is 1. The fourth-order valence-corrected chi connectivity index (χ4v) is 1.51. The molecule has 0 atom stereocenters. The first kappa shape index (κ1) is 15.6. The molecule has 0 bridgehead atoms. The van der Waals surface area contributed by atoms with Gasteiger partial charge in [0.1, 0.15) is 0 Å². The number of rotatable bonds is 1. The average Bonchev–Trinajstić information content (AvgIpc) is 2.80. The summed E-state index contributed by atoms with van der Waals surface area (Å²) < 4.78 is 10.6. The third kappa shape index (κ3) is 3.84. The Morgan fingerprint density at radius 2 is 1.41 bits per heavy atom. The van der Waals surface area contributed by atoms with Gasteiger partial charge in [-0.2, -0.15) is 0 Å². The van der Waals surface area contributed by atoms with Crippen LogP contribution in [0.25, 0.3) is 0 Å². The van der Waals surface area contributed by atoms with Crippen LogP contribution in [-0.2, 0) is 0 Å². The Balaban J connectivity index is 0.000000581. The molecule has 3 nitrogen and oxygen atoms in total. The zero-order valence-corrected chi connectivity index (χ0v) is 12.1. The number of hydrogen-bond acceptors (Lipinski definition) is 3. The molecule has 0 saturated carbocycles. The van der Waals surface area contributed by atoms with Crippen LogP contribution >= 0.6 is 0 Å². The predicted molar refractivity (Wildman–Crippen MR) is 74.3 cm³/mol. The van der Waals surface area contributed by atoms with Gasteiger partial charge in [0.2, 0.25) is 6.79 Å². The molecule has 1 aliphatic heterocycles. The van der Waals surface area contributed by atoms with Crippen molar-refractivity contribution in [2.45, 2.75) is 34.6 Å². The van der Waals surface area contributed by atoms with Gasteiger partial charge in [-0.05, 0) is 18.6 Å². The minimum atomic E-state index is 0.339. The molecular formula is C14H25NO2. The number of hydrogen-bond donors (Lipinski definition) is 0. The van der Waals surface area contributed by atoms with Gasteiger partial charge in [0, 0.05) is 25.8 Å². The van der Waals surface area contributed by atoms with E-state index in [1.54, 1.807) is 0 Å². The van der Waals surface area contributed by atoms with Crippen LogP contribution in [0.4, 0.5) is 5.69 Å². The molecule has 1 heterocycles. The molecule has 0 saturated heterocycles. The molecule has 3 heteroatoms. The van der Waals surface area contributed by atoms with E-state index in [1.165, 1.54) is 11.3 Å². The lowest BCUT2D eigenvalue weighted by molar-refractivity contribution is 0.174. The minimum absolute atomic E-state index is 0.339. The number of nitrogens with zero attached hydrogens (tertiary/aromatic N) is 1. The Labute approximate surface area is 105 Å². The summed E-state index contributed by atoms with van der Waals surface area (Å²) >= 11 is 0. The van der Waals surface area contributed by atoms with Gasteiger partial charge in [-0.1, -0.05) is 27.7 Å². The van der Waals surface area contributed by atoms with Crippen LogP contribution in [0.3, 0.4) is 0 Å². The topological polar surface area (TPSA) is 21.7 Å². The van der Waals surface area contributed by atoms with Gasteiger partial charge >= 0.3 is 0 Å². The number of ether oxygens (including phenoxy) is 2. The summed E-state index contributed by atoms with van der Waals surface area (Å²) in [6.07, 6.45) is 0. The molecule has 1 aromatic rings. The lowest BCUT2D eigenvalue weighted by Crippen LogP contribution is -2.09. The van der Waals surface area contributed by atoms with E-state index in [4.69, 9.17) is 9.47 Å². The molecule has 1 aliphatic rings. The number of aryl methyl sites for hydroxylation is 1. The Kier molecular flexibility index (Phi) is 7.19. The average molecular weight is 239 g/mol. The first-order valence-electron chi connectivity index (χ1n) is 6.26. The van der Waals surface area contributed by atoms with Gasteiger partial charge < -0.3 is 14.4 Å². The summed E-state index contributed by atoms with van der Waals surface area (Å²) in [5, 5.41) is 0. The van der Waals surface area contributed by atoms with Crippen LogP contribution in [0.5, 0.6) is 11.5 Å². The van der Waals surface area contributed by atoms with Crippen molar-refractivity contribution in [2.24, 2.45) is 0 Å². The fraction of sp³-hybridized carbons (Fsp3) is 0.571. The largest absolute Gasteiger partial charge is 0.454 e. The van der Waals surface area contributed by atoms with Crippen molar-refractivity contribution in [3.63, 3.8) is 0 Å². The highest BCUT2D eigenvalue weighted by Crippen LogP contribution is 2.37. The normalized spacial score (nSPS) is 10.8. The van der Waals surface area contributed by atoms with Crippen molar-refractivity contribution >= 4 is 5.69 Å². The van der Waals surface area contributed by atoms with Crippen molar-refractivity contribution in [2.75, 3.05) is 25.8 Å². The molecule has 98 valence electrons. The highest BCUT2D eigenvalue weighted by molar-refractivity contribution is 5.61. The van der Waals surface area contributed by atoms with Crippen LogP contribution in [0.1, 0.15) is 33.3 Å². The van der Waals surface area contributed by atoms with E-state index in [-0.39, 0.29) is 0 Å². The molecule has 0 fully saturated rings. The Hall–Kier alpha value is -1.38. The molecule has 0 aliphatic carbocycles. The summed E-state index contributed by atoms with van der Waals surface area (Å²) in [7, 11) is 4.04. The van der Waals surface area contributed by atoms with Gasteiger partial charge in [0.15, 0.2) is 11.5 Å². The number of benzene rings is 1. The second-order valence-electron chi connectivity index (χ2n) is 3.39. The van der Waals surface area contributed by atoms with E-state index in [0.29, 0.717) is 6.79 Å². The molecule has 0 aromatic heterocycles. The fourth-order valence-electron chi connectivity index (χ4n) is 1.51. The van der Waals surface area contributed by atoms with Crippen molar-refractivity contribution in [1.82, 2.24) is 0 Å². The third-order valence-electron chi connectivity index (χ3n) is 2.17. The second-order valence-corrected chi connectivity index (χ2v) is 3.39. The highest BCUT2D eigenvalue weighted by atomic mass is 16.7. The summed E-state index contributed by atoms with van der Waals surface area (Å²) in [4.78, 5) is 2.07. The lowest BCUT2D eigenvalue weighted by Gasteiger charge is -2.15. The first-order chi connectivity index (χ1) is 8.18. The maximum Gasteiger partial charge on any atom is 0.231 e. The van der Waals surface area contributed by atoms with E-state index < -0.39 is 0 Å². The zero-order valence-electron chi connectivity index (χ0n) is 12.1. The number of fused-ring (bicyclic) bond motifs is 1. The second kappa shape index (κ2) is 7.82. The van der Waals surface area contributed by atoms with Crippen molar-refractivity contribution < 1.29 is 9.47 Å². The van der Waals surface area contributed by atoms with Gasteiger partial charge in [0.25, 0.3) is 0 Å². The quantitative estimate of drug-likeness (QED) is 0.743. The van der Waals surface area contributed by atoms with Crippen LogP contribution in [-0.4, -0.2) is 20.9 Å². The van der Waals surface area contributed by atoms with E-state index >= 15 is 0 Å². The molecule has 2 rings (SSSR count). The molecule has 1 aromatic carbocycles. The van der Waals surface area contributed by atoms with Crippen LogP contribution in [0.2, 0.25) is 0 Å². The smallest absolute Gasteiger partial charge is 0.231 e. The maximum atomic E-state index is 5.30. The summed E-state index contributed by atoms with van der Waals surface area (Å²) in [5.74, 6) is 1.69. The van der Waals surface area contributed by atoms with Gasteiger partial charge in [-0.3, -0.25) is 0 Å². The van der Waals surface area contributed by atoms with Gasteiger partial charge in [0.05, 0.1) is 0 Å². The van der Waals surface area contributed by atoms with Gasteiger partial charge in [-0.15, -0.1) is 0 Å². The Bertz CT molecular complexity index is 335. The zero-order chi connectivity index (χ0) is 13.4. The maximum absolute atomic E-state index is 5.30. The van der Waals surface area contributed by atoms with E-state index in [9.17, 15) is 0 Å². The Morgan fingerprint density at radius 3 is 1.88 bits per heavy atom. The molecule has 0 radical (unpaired) electrons. The first-order valence-corrected chi connectivity index (χ1v) is 6.26. The summed E-state index contributed by atoms with van der Waals surface area (Å²) in [6.45, 7) is 10.4. The molecule has 0 N–H and O–H groups in total. The van der Waals surface area contributed by atoms with E-state index in [0.717, 1.165) is 11.5 Å². The standard InChI is InChI=1S/C10H13NO2.2C2H6/c1-7-4-9-10(13-6-12-9)5-8(7)11(2)3;2*1-2/h4-5H,6H2,1-3H3;2*1-2H3. The predicted octanol–water partition coefficient (Wildman–Crippen LogP) is 3.84. The molecule has 17 heavy (non-hydrogen) atoms. The molecular weight excluding hydrogens is 214 g/mol. The molecule has 0 amide bonds. The molecule has 0 unspecified atom stereocenters. The minimum Gasteiger partial charge on any atom is -0.454 e. The van der Waals surface area contributed by atoms with Crippen LogP contribution in [0.15, 0.2) is 12.1 Å². The van der Waals surface area contributed by atoms with Gasteiger partial charge in [-0.25, -0.2) is 0 Å². The van der Waals surface area contributed by atoms with Crippen molar-refractivity contribution in [3.8, 4) is 11.5 Å². The SMILES string of the molecule is CC.CC.Cc1cc2c(cc1N(C)C)OCO2. The Morgan fingerprint density at radius 1 is 0.941 bits per heavy atom.